The Hall–Kier alpha value is -1.02. The number of carbonyl (C=O) groups excluding carboxylic acids is 1. The van der Waals surface area contributed by atoms with Gasteiger partial charge in [0.25, 0.3) is 5.91 Å². The van der Waals surface area contributed by atoms with Crippen molar-refractivity contribution in [2.45, 2.75) is 12.5 Å². The summed E-state index contributed by atoms with van der Waals surface area (Å²) in [5.41, 5.74) is 0.433. The Kier molecular flexibility index (Phi) is 5.48. The third kappa shape index (κ3) is 4.05. The molecule has 2 aliphatic heterocycles. The van der Waals surface area contributed by atoms with E-state index >= 15 is 0 Å². The number of nitrogens with one attached hydrogen (secondary N) is 1. The molecule has 1 aromatic carbocycles. The van der Waals surface area contributed by atoms with E-state index in [1.165, 1.54) is 12.0 Å². The molecule has 2 fully saturated rings. The molecule has 1 N–H and O–H groups in total. The minimum atomic E-state index is -2.88. The first-order valence-corrected chi connectivity index (χ1v) is 10.8. The van der Waals surface area contributed by atoms with Crippen LogP contribution in [0.25, 0.3) is 0 Å². The second kappa shape index (κ2) is 7.31. The molecular formula is C16H21Cl2N2O4S+. The highest BCUT2D eigenvalue weighted by atomic mass is 35.5. The number of hydrogen-bond donors (Lipinski definition) is 1. The molecule has 3 rings (SSSR count). The van der Waals surface area contributed by atoms with Gasteiger partial charge in [-0.25, -0.2) is 8.42 Å². The van der Waals surface area contributed by atoms with E-state index < -0.39 is 9.84 Å². The molecule has 0 bridgehead atoms. The lowest BCUT2D eigenvalue weighted by molar-refractivity contribution is -0.925. The maximum absolute atomic E-state index is 12.7. The number of ether oxygens (including phenoxy) is 1. The van der Waals surface area contributed by atoms with Gasteiger partial charge in [0.2, 0.25) is 0 Å². The zero-order valence-corrected chi connectivity index (χ0v) is 16.3. The molecular weight excluding hydrogens is 387 g/mol. The highest BCUT2D eigenvalue weighted by Gasteiger charge is 2.37. The Labute approximate surface area is 157 Å². The maximum Gasteiger partial charge on any atom is 0.254 e. The zero-order chi connectivity index (χ0) is 18.2. The zero-order valence-electron chi connectivity index (χ0n) is 13.9. The summed E-state index contributed by atoms with van der Waals surface area (Å²) >= 11 is 12.2. The van der Waals surface area contributed by atoms with Gasteiger partial charge in [-0.3, -0.25) is 4.79 Å². The number of methoxy groups -OCH3 is 1. The van der Waals surface area contributed by atoms with E-state index in [9.17, 15) is 13.2 Å². The number of benzene rings is 1. The standard InChI is InChI=1S/C16H20Cl2N2O4S/c1-24-15-13(17)8-11(9-14(15)18)16(21)20-5-3-19(4-6-20)12-2-7-25(22,23)10-12/h8-9,12H,2-7,10H2,1H3/p+1/t12-/m1/s1. The van der Waals surface area contributed by atoms with Crippen molar-refractivity contribution >= 4 is 38.9 Å². The molecule has 0 saturated carbocycles. The van der Waals surface area contributed by atoms with Crippen LogP contribution in [0, 0.1) is 0 Å². The molecule has 0 spiro atoms. The van der Waals surface area contributed by atoms with Gasteiger partial charge in [0.15, 0.2) is 15.6 Å². The maximum atomic E-state index is 12.7. The van der Waals surface area contributed by atoms with Gasteiger partial charge in [0.1, 0.15) is 11.8 Å². The first-order chi connectivity index (χ1) is 11.8. The van der Waals surface area contributed by atoms with Gasteiger partial charge in [-0.2, -0.15) is 0 Å². The summed E-state index contributed by atoms with van der Waals surface area (Å²) in [6, 6.07) is 3.29. The van der Waals surface area contributed by atoms with Crippen LogP contribution in [-0.2, 0) is 9.84 Å². The Morgan fingerprint density at radius 3 is 2.32 bits per heavy atom. The topological polar surface area (TPSA) is 68.1 Å². The molecule has 2 heterocycles. The summed E-state index contributed by atoms with van der Waals surface area (Å²) in [6.07, 6.45) is 0.718. The van der Waals surface area contributed by atoms with Crippen molar-refractivity contribution in [1.29, 1.82) is 0 Å². The molecule has 1 atom stereocenters. The van der Waals surface area contributed by atoms with E-state index in [0.29, 0.717) is 34.4 Å². The first-order valence-electron chi connectivity index (χ1n) is 8.18. The van der Waals surface area contributed by atoms with Gasteiger partial charge < -0.3 is 14.5 Å². The lowest BCUT2D eigenvalue weighted by Gasteiger charge is -2.35. The molecule has 2 aliphatic rings. The van der Waals surface area contributed by atoms with Crippen molar-refractivity contribution in [1.82, 2.24) is 4.90 Å². The van der Waals surface area contributed by atoms with Gasteiger partial charge >= 0.3 is 0 Å². The highest BCUT2D eigenvalue weighted by Crippen LogP contribution is 2.34. The molecule has 0 aromatic heterocycles. The Bertz CT molecular complexity index is 753. The molecule has 1 amide bonds. The van der Waals surface area contributed by atoms with Crippen molar-refractivity contribution in [3.63, 3.8) is 0 Å². The lowest BCUT2D eigenvalue weighted by atomic mass is 10.1. The number of sulfone groups is 1. The third-order valence-electron chi connectivity index (χ3n) is 4.95. The average molecular weight is 408 g/mol. The van der Waals surface area contributed by atoms with Gasteiger partial charge in [0, 0.05) is 12.0 Å². The number of amides is 1. The SMILES string of the molecule is COc1c(Cl)cc(C(=O)N2CC[NH+]([C@@H]3CCS(=O)(=O)C3)CC2)cc1Cl. The van der Waals surface area contributed by atoms with Crippen molar-refractivity contribution < 1.29 is 22.8 Å². The smallest absolute Gasteiger partial charge is 0.254 e. The van der Waals surface area contributed by atoms with Crippen LogP contribution in [0.1, 0.15) is 16.8 Å². The number of halogens is 2. The summed E-state index contributed by atoms with van der Waals surface area (Å²) in [4.78, 5) is 15.7. The van der Waals surface area contributed by atoms with E-state index in [1.807, 2.05) is 0 Å². The van der Waals surface area contributed by atoms with Gasteiger partial charge in [-0.1, -0.05) is 23.2 Å². The minimum absolute atomic E-state index is 0.121. The summed E-state index contributed by atoms with van der Waals surface area (Å²) in [5, 5.41) is 0.609. The Balaban J connectivity index is 1.64. The molecule has 138 valence electrons. The quantitative estimate of drug-likeness (QED) is 0.793. The third-order valence-corrected chi connectivity index (χ3v) is 7.28. The van der Waals surface area contributed by atoms with Crippen molar-refractivity contribution in [2.24, 2.45) is 0 Å². The molecule has 6 nitrogen and oxygen atoms in total. The molecule has 1 aromatic rings. The monoisotopic (exact) mass is 407 g/mol. The largest absolute Gasteiger partial charge is 0.494 e. The normalized spacial score (nSPS) is 23.6. The van der Waals surface area contributed by atoms with Crippen LogP contribution in [0.15, 0.2) is 12.1 Å². The van der Waals surface area contributed by atoms with Crippen molar-refractivity contribution in [3.05, 3.63) is 27.7 Å². The second-order valence-electron chi connectivity index (χ2n) is 6.52. The fraction of sp³-hybridized carbons (Fsp3) is 0.562. The van der Waals surface area contributed by atoms with E-state index in [1.54, 1.807) is 17.0 Å². The van der Waals surface area contributed by atoms with E-state index in [0.717, 1.165) is 19.5 Å². The Morgan fingerprint density at radius 2 is 1.84 bits per heavy atom. The summed E-state index contributed by atoms with van der Waals surface area (Å²) in [6.45, 7) is 2.69. The van der Waals surface area contributed by atoms with Crippen molar-refractivity contribution in [3.8, 4) is 5.75 Å². The van der Waals surface area contributed by atoms with E-state index in [2.05, 4.69) is 0 Å². The minimum Gasteiger partial charge on any atom is -0.494 e. The molecule has 0 aliphatic carbocycles. The molecule has 2 saturated heterocycles. The van der Waals surface area contributed by atoms with Gasteiger partial charge in [-0.15, -0.1) is 0 Å². The summed E-state index contributed by atoms with van der Waals surface area (Å²) in [5.74, 6) is 0.785. The first kappa shape index (κ1) is 18.8. The van der Waals surface area contributed by atoms with Crippen molar-refractivity contribution in [2.75, 3.05) is 44.8 Å². The molecule has 25 heavy (non-hydrogen) atoms. The van der Waals surface area contributed by atoms with Crippen LogP contribution in [0.5, 0.6) is 5.75 Å². The second-order valence-corrected chi connectivity index (χ2v) is 9.57. The lowest BCUT2D eigenvalue weighted by Crippen LogP contribution is -3.18. The number of carbonyl (C=O) groups is 1. The fourth-order valence-corrected chi connectivity index (χ4v) is 6.05. The average Bonchev–Trinajstić information content (AvgIpc) is 2.94. The number of nitrogens with zero attached hydrogens (tertiary/aromatic N) is 1. The highest BCUT2D eigenvalue weighted by molar-refractivity contribution is 7.91. The predicted octanol–water partition coefficient (Wildman–Crippen LogP) is 0.530. The van der Waals surface area contributed by atoms with Crippen LogP contribution in [-0.4, -0.2) is 70.1 Å². The molecule has 0 unspecified atom stereocenters. The number of piperazine rings is 1. The van der Waals surface area contributed by atoms with Gasteiger partial charge in [-0.05, 0) is 12.1 Å². The van der Waals surface area contributed by atoms with Crippen LogP contribution < -0.4 is 9.64 Å². The summed E-state index contributed by atoms with van der Waals surface area (Å²) < 4.78 is 28.4. The van der Waals surface area contributed by atoms with E-state index in [4.69, 9.17) is 27.9 Å². The Morgan fingerprint density at radius 1 is 1.24 bits per heavy atom. The predicted molar refractivity (Wildman–Crippen MR) is 96.7 cm³/mol. The van der Waals surface area contributed by atoms with Crippen LogP contribution in [0.4, 0.5) is 0 Å². The number of quaternary nitrogens is 1. The van der Waals surface area contributed by atoms with Crippen LogP contribution in [0.2, 0.25) is 10.0 Å². The number of rotatable bonds is 3. The number of hydrogen-bond acceptors (Lipinski definition) is 4. The summed E-state index contributed by atoms with van der Waals surface area (Å²) in [7, 11) is -1.40. The molecule has 9 heteroatoms. The van der Waals surface area contributed by atoms with E-state index in [-0.39, 0.29) is 23.5 Å². The molecule has 0 radical (unpaired) electrons. The fourth-order valence-electron chi connectivity index (χ4n) is 3.58. The van der Waals surface area contributed by atoms with Gasteiger partial charge in [0.05, 0.1) is 49.1 Å². The van der Waals surface area contributed by atoms with Crippen LogP contribution in [0.3, 0.4) is 0 Å². The van der Waals surface area contributed by atoms with Crippen LogP contribution >= 0.6 is 23.2 Å².